The summed E-state index contributed by atoms with van der Waals surface area (Å²) in [6, 6.07) is 12.9. The predicted molar refractivity (Wildman–Crippen MR) is 136 cm³/mol. The molecule has 10 heteroatoms. The van der Waals surface area contributed by atoms with E-state index in [9.17, 15) is 18.0 Å². The Morgan fingerprint density at radius 1 is 1.00 bits per heavy atom. The van der Waals surface area contributed by atoms with Crippen molar-refractivity contribution in [1.82, 2.24) is 10.2 Å². The molecule has 0 fully saturated rings. The highest BCUT2D eigenvalue weighted by Crippen LogP contribution is 2.29. The van der Waals surface area contributed by atoms with Crippen LogP contribution in [0.5, 0.6) is 11.5 Å². The summed E-state index contributed by atoms with van der Waals surface area (Å²) >= 11 is 0. The van der Waals surface area contributed by atoms with Crippen molar-refractivity contribution >= 4 is 27.5 Å². The second-order valence-corrected chi connectivity index (χ2v) is 10.5. The van der Waals surface area contributed by atoms with Gasteiger partial charge < -0.3 is 19.7 Å². The summed E-state index contributed by atoms with van der Waals surface area (Å²) in [7, 11) is -0.874. The average Bonchev–Trinajstić information content (AvgIpc) is 2.83. The quantitative estimate of drug-likeness (QED) is 0.476. The van der Waals surface area contributed by atoms with Gasteiger partial charge in [0.25, 0.3) is 0 Å². The van der Waals surface area contributed by atoms with Gasteiger partial charge >= 0.3 is 0 Å². The number of hydrogen-bond acceptors (Lipinski definition) is 6. The van der Waals surface area contributed by atoms with Gasteiger partial charge in [-0.05, 0) is 42.7 Å². The van der Waals surface area contributed by atoms with E-state index in [1.807, 2.05) is 19.9 Å². The van der Waals surface area contributed by atoms with Crippen LogP contribution in [0.15, 0.2) is 48.5 Å². The molecule has 192 valence electrons. The van der Waals surface area contributed by atoms with Crippen LogP contribution >= 0.6 is 0 Å². The number of benzene rings is 2. The molecule has 0 spiro atoms. The zero-order chi connectivity index (χ0) is 26.2. The SMILES string of the molecule is COc1cccc(CN(C(=O)CN(c2ccccc2OC)S(C)(=O)=O)[C@@H](C)C(=O)NCC(C)C)c1. The molecule has 1 N–H and O–H groups in total. The minimum absolute atomic E-state index is 0.0931. The van der Waals surface area contributed by atoms with Gasteiger partial charge in [-0.2, -0.15) is 0 Å². The summed E-state index contributed by atoms with van der Waals surface area (Å²) in [4.78, 5) is 27.8. The number of amides is 2. The van der Waals surface area contributed by atoms with Gasteiger partial charge in [0.2, 0.25) is 21.8 Å². The van der Waals surface area contributed by atoms with Crippen molar-refractivity contribution in [2.75, 3.05) is 37.9 Å². The lowest BCUT2D eigenvalue weighted by atomic mass is 10.1. The van der Waals surface area contributed by atoms with Gasteiger partial charge in [-0.15, -0.1) is 0 Å². The van der Waals surface area contributed by atoms with E-state index in [-0.39, 0.29) is 24.1 Å². The third-order valence-electron chi connectivity index (χ3n) is 5.37. The van der Waals surface area contributed by atoms with E-state index in [1.54, 1.807) is 56.5 Å². The molecule has 2 aromatic rings. The first-order chi connectivity index (χ1) is 16.5. The molecule has 0 aliphatic heterocycles. The molecule has 2 amide bonds. The van der Waals surface area contributed by atoms with Crippen LogP contribution in [0.1, 0.15) is 26.3 Å². The molecule has 0 radical (unpaired) electrons. The molecule has 1 atom stereocenters. The van der Waals surface area contributed by atoms with Gasteiger partial charge in [-0.3, -0.25) is 13.9 Å². The van der Waals surface area contributed by atoms with Gasteiger partial charge in [0.1, 0.15) is 24.1 Å². The molecule has 2 rings (SSSR count). The maximum absolute atomic E-state index is 13.6. The summed E-state index contributed by atoms with van der Waals surface area (Å²) in [5.74, 6) is 0.306. The smallest absolute Gasteiger partial charge is 0.244 e. The van der Waals surface area contributed by atoms with Crippen molar-refractivity contribution in [3.8, 4) is 11.5 Å². The summed E-state index contributed by atoms with van der Waals surface area (Å²) in [6.07, 6.45) is 1.03. The van der Waals surface area contributed by atoms with Crippen LogP contribution in [0.3, 0.4) is 0 Å². The van der Waals surface area contributed by atoms with E-state index in [1.165, 1.54) is 12.0 Å². The number of sulfonamides is 1. The molecule has 9 nitrogen and oxygen atoms in total. The first kappa shape index (κ1) is 28.0. The molecule has 0 bridgehead atoms. The Bertz CT molecular complexity index is 1120. The summed E-state index contributed by atoms with van der Waals surface area (Å²) in [5.41, 5.74) is 0.980. The fourth-order valence-electron chi connectivity index (χ4n) is 3.43. The average molecular weight is 506 g/mol. The molecule has 0 saturated carbocycles. The van der Waals surface area contributed by atoms with Crippen molar-refractivity contribution in [2.24, 2.45) is 5.92 Å². The Morgan fingerprint density at radius 3 is 2.29 bits per heavy atom. The number of para-hydroxylation sites is 2. The minimum Gasteiger partial charge on any atom is -0.497 e. The van der Waals surface area contributed by atoms with E-state index in [2.05, 4.69) is 5.32 Å². The number of carbonyl (C=O) groups excluding carboxylic acids is 2. The van der Waals surface area contributed by atoms with Crippen molar-refractivity contribution in [2.45, 2.75) is 33.4 Å². The third kappa shape index (κ3) is 7.88. The Kier molecular flexibility index (Phi) is 9.94. The van der Waals surface area contributed by atoms with Crippen LogP contribution in [0.25, 0.3) is 0 Å². The van der Waals surface area contributed by atoms with Crippen molar-refractivity contribution in [1.29, 1.82) is 0 Å². The lowest BCUT2D eigenvalue weighted by Gasteiger charge is -2.32. The largest absolute Gasteiger partial charge is 0.497 e. The van der Waals surface area contributed by atoms with Crippen LogP contribution in [0, 0.1) is 5.92 Å². The van der Waals surface area contributed by atoms with E-state index in [0.717, 1.165) is 16.1 Å². The summed E-state index contributed by atoms with van der Waals surface area (Å²) < 4.78 is 37.0. The number of nitrogens with one attached hydrogen (secondary N) is 1. The monoisotopic (exact) mass is 505 g/mol. The second kappa shape index (κ2) is 12.4. The fourth-order valence-corrected chi connectivity index (χ4v) is 4.29. The van der Waals surface area contributed by atoms with Crippen molar-refractivity contribution in [3.05, 3.63) is 54.1 Å². The number of carbonyl (C=O) groups is 2. The van der Waals surface area contributed by atoms with Gasteiger partial charge in [-0.1, -0.05) is 38.1 Å². The molecule has 0 heterocycles. The number of methoxy groups -OCH3 is 2. The number of nitrogens with zero attached hydrogens (tertiary/aromatic N) is 2. The molecule has 0 saturated heterocycles. The number of hydrogen-bond donors (Lipinski definition) is 1. The van der Waals surface area contributed by atoms with Gasteiger partial charge in [0.15, 0.2) is 0 Å². The molecule has 0 unspecified atom stereocenters. The number of anilines is 1. The molecule has 35 heavy (non-hydrogen) atoms. The maximum atomic E-state index is 13.6. The second-order valence-electron chi connectivity index (χ2n) is 8.63. The summed E-state index contributed by atoms with van der Waals surface area (Å²) in [5, 5.41) is 2.85. The molecule has 0 aromatic heterocycles. The molecule has 2 aromatic carbocycles. The van der Waals surface area contributed by atoms with Gasteiger partial charge in [0, 0.05) is 13.1 Å². The normalized spacial score (nSPS) is 12.1. The highest BCUT2D eigenvalue weighted by atomic mass is 32.2. The maximum Gasteiger partial charge on any atom is 0.244 e. The first-order valence-electron chi connectivity index (χ1n) is 11.3. The van der Waals surface area contributed by atoms with E-state index in [4.69, 9.17) is 9.47 Å². The topological polar surface area (TPSA) is 105 Å². The Balaban J connectivity index is 2.42. The Labute approximate surface area is 208 Å². The highest BCUT2D eigenvalue weighted by Gasteiger charge is 2.31. The number of ether oxygens (including phenoxy) is 2. The summed E-state index contributed by atoms with van der Waals surface area (Å²) in [6.45, 7) is 5.63. The van der Waals surface area contributed by atoms with Crippen LogP contribution in [-0.2, 0) is 26.2 Å². The molecule has 0 aliphatic carbocycles. The molecule has 0 aliphatic rings. The van der Waals surface area contributed by atoms with Gasteiger partial charge in [0.05, 0.1) is 26.2 Å². The van der Waals surface area contributed by atoms with Gasteiger partial charge in [-0.25, -0.2) is 8.42 Å². The Hall–Kier alpha value is -3.27. The third-order valence-corrected chi connectivity index (χ3v) is 6.50. The lowest BCUT2D eigenvalue weighted by Crippen LogP contribution is -2.51. The molecular weight excluding hydrogens is 470 g/mol. The minimum atomic E-state index is -3.84. The predicted octanol–water partition coefficient (Wildman–Crippen LogP) is 2.66. The molecular formula is C25H35N3O6S. The first-order valence-corrected chi connectivity index (χ1v) is 13.1. The van der Waals surface area contributed by atoms with Crippen LogP contribution in [0.4, 0.5) is 5.69 Å². The number of rotatable bonds is 12. The standard InChI is InChI=1S/C25H35N3O6S/c1-18(2)15-26-25(30)19(3)27(16-20-10-9-11-21(14-20)33-4)24(29)17-28(35(6,31)32)22-12-7-8-13-23(22)34-5/h7-14,18-19H,15-17H2,1-6H3,(H,26,30)/t19-/m0/s1. The van der Waals surface area contributed by atoms with Crippen LogP contribution in [0.2, 0.25) is 0 Å². The zero-order valence-electron chi connectivity index (χ0n) is 21.1. The van der Waals surface area contributed by atoms with Crippen LogP contribution in [-0.4, -0.2) is 64.7 Å². The van der Waals surface area contributed by atoms with E-state index < -0.39 is 28.5 Å². The fraction of sp³-hybridized carbons (Fsp3) is 0.440. The zero-order valence-corrected chi connectivity index (χ0v) is 22.0. The lowest BCUT2D eigenvalue weighted by molar-refractivity contribution is -0.139. The van der Waals surface area contributed by atoms with Crippen molar-refractivity contribution < 1.29 is 27.5 Å². The van der Waals surface area contributed by atoms with Crippen molar-refractivity contribution in [3.63, 3.8) is 0 Å². The van der Waals surface area contributed by atoms with E-state index >= 15 is 0 Å². The Morgan fingerprint density at radius 2 is 1.69 bits per heavy atom. The van der Waals surface area contributed by atoms with Crippen LogP contribution < -0.4 is 19.1 Å². The highest BCUT2D eigenvalue weighted by molar-refractivity contribution is 7.92. The van der Waals surface area contributed by atoms with E-state index in [0.29, 0.717) is 18.0 Å².